The van der Waals surface area contributed by atoms with E-state index in [1.807, 2.05) is 0 Å². The van der Waals surface area contributed by atoms with E-state index in [0.717, 1.165) is 0 Å². The highest BCUT2D eigenvalue weighted by molar-refractivity contribution is 7.94. The SMILES string of the molecule is CC(C)C1(S(=O)(=O)Nc2cccnc2)C=CC=CC1C(N)=O. The van der Waals surface area contributed by atoms with Gasteiger partial charge in [0, 0.05) is 6.20 Å². The number of allylic oxidation sites excluding steroid dienone is 2. The molecular weight excluding hydrogens is 302 g/mol. The van der Waals surface area contributed by atoms with Crippen molar-refractivity contribution in [3.63, 3.8) is 0 Å². The number of aromatic nitrogens is 1. The molecule has 6 nitrogen and oxygen atoms in total. The van der Waals surface area contributed by atoms with E-state index >= 15 is 0 Å². The summed E-state index contributed by atoms with van der Waals surface area (Å²) in [4.78, 5) is 15.7. The van der Waals surface area contributed by atoms with E-state index < -0.39 is 26.6 Å². The van der Waals surface area contributed by atoms with Crippen molar-refractivity contribution >= 4 is 21.6 Å². The van der Waals surface area contributed by atoms with Crippen molar-refractivity contribution < 1.29 is 13.2 Å². The lowest BCUT2D eigenvalue weighted by Gasteiger charge is -2.39. The summed E-state index contributed by atoms with van der Waals surface area (Å²) in [6.45, 7) is 3.50. The van der Waals surface area contributed by atoms with Crippen LogP contribution in [0.1, 0.15) is 13.8 Å². The smallest absolute Gasteiger partial charge is 0.243 e. The van der Waals surface area contributed by atoms with Crippen LogP contribution in [0.4, 0.5) is 5.69 Å². The van der Waals surface area contributed by atoms with Crippen molar-refractivity contribution in [2.24, 2.45) is 17.6 Å². The molecule has 1 aliphatic rings. The second kappa shape index (κ2) is 5.92. The Morgan fingerprint density at radius 1 is 1.41 bits per heavy atom. The minimum atomic E-state index is -3.92. The maximum absolute atomic E-state index is 13.0. The first kappa shape index (κ1) is 16.2. The monoisotopic (exact) mass is 321 g/mol. The molecule has 0 radical (unpaired) electrons. The highest BCUT2D eigenvalue weighted by Crippen LogP contribution is 2.40. The first-order chi connectivity index (χ1) is 10.3. The molecule has 7 heteroatoms. The van der Waals surface area contributed by atoms with Crippen LogP contribution in [0.25, 0.3) is 0 Å². The number of rotatable bonds is 5. The van der Waals surface area contributed by atoms with Gasteiger partial charge in [-0.1, -0.05) is 38.2 Å². The fraction of sp³-hybridized carbons (Fsp3) is 0.333. The molecule has 2 rings (SSSR count). The van der Waals surface area contributed by atoms with E-state index in [0.29, 0.717) is 5.69 Å². The number of carbonyl (C=O) groups excluding carboxylic acids is 1. The topological polar surface area (TPSA) is 102 Å². The summed E-state index contributed by atoms with van der Waals surface area (Å²) in [5.41, 5.74) is 5.78. The first-order valence-corrected chi connectivity index (χ1v) is 8.37. The summed E-state index contributed by atoms with van der Waals surface area (Å²) >= 11 is 0. The van der Waals surface area contributed by atoms with Crippen LogP contribution in [0.3, 0.4) is 0 Å². The fourth-order valence-corrected chi connectivity index (χ4v) is 4.75. The van der Waals surface area contributed by atoms with Crippen LogP contribution in [0.2, 0.25) is 0 Å². The highest BCUT2D eigenvalue weighted by atomic mass is 32.2. The average Bonchev–Trinajstić information content (AvgIpc) is 2.47. The van der Waals surface area contributed by atoms with Gasteiger partial charge in [-0.3, -0.25) is 14.5 Å². The van der Waals surface area contributed by atoms with E-state index in [9.17, 15) is 13.2 Å². The molecule has 1 heterocycles. The molecule has 3 N–H and O–H groups in total. The van der Waals surface area contributed by atoms with Crippen LogP contribution in [0, 0.1) is 11.8 Å². The number of pyridine rings is 1. The normalized spacial score (nSPS) is 24.4. The Morgan fingerprint density at radius 2 is 2.14 bits per heavy atom. The predicted molar refractivity (Wildman–Crippen MR) is 85.3 cm³/mol. The third-order valence-corrected chi connectivity index (χ3v) is 6.14. The van der Waals surface area contributed by atoms with Crippen molar-refractivity contribution in [2.45, 2.75) is 18.6 Å². The predicted octanol–water partition coefficient (Wildman–Crippen LogP) is 1.45. The Labute approximate surface area is 130 Å². The molecule has 2 unspecified atom stereocenters. The van der Waals surface area contributed by atoms with Gasteiger partial charge in [0.2, 0.25) is 15.9 Å². The number of anilines is 1. The minimum Gasteiger partial charge on any atom is -0.369 e. The van der Waals surface area contributed by atoms with Crippen molar-refractivity contribution in [2.75, 3.05) is 4.72 Å². The van der Waals surface area contributed by atoms with Gasteiger partial charge in [0.1, 0.15) is 4.75 Å². The van der Waals surface area contributed by atoms with Crippen molar-refractivity contribution in [1.82, 2.24) is 4.98 Å². The second-order valence-electron chi connectivity index (χ2n) is 5.48. The third kappa shape index (κ3) is 2.64. The highest BCUT2D eigenvalue weighted by Gasteiger charge is 2.53. The van der Waals surface area contributed by atoms with Crippen molar-refractivity contribution in [3.8, 4) is 0 Å². The quantitative estimate of drug-likeness (QED) is 0.856. The van der Waals surface area contributed by atoms with Crippen LogP contribution >= 0.6 is 0 Å². The molecule has 22 heavy (non-hydrogen) atoms. The zero-order valence-corrected chi connectivity index (χ0v) is 13.2. The summed E-state index contributed by atoms with van der Waals surface area (Å²) in [5.74, 6) is -1.97. The van der Waals surface area contributed by atoms with E-state index in [2.05, 4.69) is 9.71 Å². The maximum atomic E-state index is 13.0. The molecule has 0 aliphatic heterocycles. The molecule has 1 aromatic rings. The Kier molecular flexibility index (Phi) is 4.37. The van der Waals surface area contributed by atoms with Crippen LogP contribution < -0.4 is 10.5 Å². The van der Waals surface area contributed by atoms with E-state index in [4.69, 9.17) is 5.73 Å². The molecule has 2 atom stereocenters. The lowest BCUT2D eigenvalue weighted by molar-refractivity contribution is -0.121. The van der Waals surface area contributed by atoms with Gasteiger partial charge in [-0.15, -0.1) is 0 Å². The molecule has 0 spiro atoms. The molecule has 0 fully saturated rings. The number of nitrogens with one attached hydrogen (secondary N) is 1. The van der Waals surface area contributed by atoms with Gasteiger partial charge in [-0.05, 0) is 18.1 Å². The Balaban J connectivity index is 2.53. The first-order valence-electron chi connectivity index (χ1n) is 6.89. The summed E-state index contributed by atoms with van der Waals surface area (Å²) in [5, 5.41) is 0. The van der Waals surface area contributed by atoms with Gasteiger partial charge >= 0.3 is 0 Å². The zero-order valence-electron chi connectivity index (χ0n) is 12.4. The lowest BCUT2D eigenvalue weighted by atomic mass is 9.79. The molecule has 0 bridgehead atoms. The van der Waals surface area contributed by atoms with Gasteiger partial charge in [-0.2, -0.15) is 0 Å². The minimum absolute atomic E-state index is 0.341. The summed E-state index contributed by atoms with van der Waals surface area (Å²) in [6, 6.07) is 3.22. The Bertz CT molecular complexity index is 711. The number of hydrogen-bond donors (Lipinski definition) is 2. The summed E-state index contributed by atoms with van der Waals surface area (Å²) < 4.78 is 27.1. The number of hydrogen-bond acceptors (Lipinski definition) is 4. The number of amides is 1. The van der Waals surface area contributed by atoms with Crippen molar-refractivity contribution in [1.29, 1.82) is 0 Å². The van der Waals surface area contributed by atoms with Gasteiger partial charge in [0.15, 0.2) is 0 Å². The molecule has 1 aliphatic carbocycles. The zero-order chi connectivity index (χ0) is 16.4. The summed E-state index contributed by atoms with van der Waals surface area (Å²) in [6.07, 6.45) is 9.28. The number of carbonyl (C=O) groups is 1. The van der Waals surface area contributed by atoms with Crippen LogP contribution in [-0.4, -0.2) is 24.1 Å². The van der Waals surface area contributed by atoms with Crippen LogP contribution in [0.5, 0.6) is 0 Å². The van der Waals surface area contributed by atoms with Gasteiger partial charge in [0.25, 0.3) is 0 Å². The Hall–Kier alpha value is -2.15. The molecule has 0 saturated heterocycles. The maximum Gasteiger partial charge on any atom is 0.243 e. The third-order valence-electron chi connectivity index (χ3n) is 3.85. The largest absolute Gasteiger partial charge is 0.369 e. The number of nitrogens with zero attached hydrogens (tertiary/aromatic N) is 1. The van der Waals surface area contributed by atoms with Crippen molar-refractivity contribution in [3.05, 3.63) is 48.8 Å². The summed E-state index contributed by atoms with van der Waals surface area (Å²) in [7, 11) is -3.92. The van der Waals surface area contributed by atoms with Gasteiger partial charge in [0.05, 0.1) is 17.8 Å². The fourth-order valence-electron chi connectivity index (χ4n) is 2.74. The Morgan fingerprint density at radius 3 is 2.68 bits per heavy atom. The van der Waals surface area contributed by atoms with E-state index in [1.54, 1.807) is 44.3 Å². The van der Waals surface area contributed by atoms with Gasteiger partial charge in [-0.25, -0.2) is 8.42 Å². The van der Waals surface area contributed by atoms with Crippen LogP contribution in [0.15, 0.2) is 48.8 Å². The number of sulfonamides is 1. The van der Waals surface area contributed by atoms with E-state index in [-0.39, 0.29) is 5.92 Å². The number of nitrogens with two attached hydrogens (primary N) is 1. The number of primary amides is 1. The lowest BCUT2D eigenvalue weighted by Crippen LogP contribution is -2.55. The van der Waals surface area contributed by atoms with Gasteiger partial charge < -0.3 is 5.73 Å². The standard InChI is InChI=1S/C15H19N3O3S/c1-11(2)15(8-4-3-7-13(15)14(16)19)22(20,21)18-12-6-5-9-17-10-12/h3-11,13,18H,1-2H3,(H2,16,19). The molecule has 1 amide bonds. The molecular formula is C15H19N3O3S. The van der Waals surface area contributed by atoms with E-state index in [1.165, 1.54) is 18.3 Å². The average molecular weight is 321 g/mol. The molecule has 0 aromatic carbocycles. The molecule has 1 aromatic heterocycles. The molecule has 118 valence electrons. The second-order valence-corrected chi connectivity index (χ2v) is 7.40. The van der Waals surface area contributed by atoms with Crippen LogP contribution in [-0.2, 0) is 14.8 Å². The molecule has 0 saturated carbocycles.